The molecular formula is C11H12Cl2O. The first-order valence-electron chi connectivity index (χ1n) is 4.40. The van der Waals surface area contributed by atoms with Crippen LogP contribution in [-0.4, -0.2) is 11.7 Å². The lowest BCUT2D eigenvalue weighted by Gasteiger charge is -2.08. The van der Waals surface area contributed by atoms with Crippen molar-refractivity contribution in [3.63, 3.8) is 0 Å². The summed E-state index contributed by atoms with van der Waals surface area (Å²) in [4.78, 5) is 11.2. The molecule has 0 aliphatic heterocycles. The van der Waals surface area contributed by atoms with Crippen molar-refractivity contribution in [1.29, 1.82) is 0 Å². The molecule has 0 N–H and O–H groups in total. The second kappa shape index (κ2) is 5.38. The first-order valence-corrected chi connectivity index (χ1v) is 5.47. The summed E-state index contributed by atoms with van der Waals surface area (Å²) < 4.78 is 0. The summed E-state index contributed by atoms with van der Waals surface area (Å²) in [5.74, 6) is 0.538. The van der Waals surface area contributed by atoms with Crippen molar-refractivity contribution in [2.24, 2.45) is 0 Å². The van der Waals surface area contributed by atoms with Gasteiger partial charge >= 0.3 is 0 Å². The molecule has 76 valence electrons. The first kappa shape index (κ1) is 11.5. The average Bonchev–Trinajstić information content (AvgIpc) is 2.18. The Labute approximate surface area is 94.0 Å². The van der Waals surface area contributed by atoms with Gasteiger partial charge in [-0.2, -0.15) is 0 Å². The van der Waals surface area contributed by atoms with Crippen molar-refractivity contribution >= 4 is 29.0 Å². The predicted molar refractivity (Wildman–Crippen MR) is 60.2 cm³/mol. The highest BCUT2D eigenvalue weighted by atomic mass is 35.5. The Balaban J connectivity index is 2.96. The monoisotopic (exact) mass is 230 g/mol. The summed E-state index contributed by atoms with van der Waals surface area (Å²) in [6, 6.07) is 5.85. The van der Waals surface area contributed by atoms with Gasteiger partial charge in [-0.3, -0.25) is 4.79 Å². The van der Waals surface area contributed by atoms with E-state index in [0.29, 0.717) is 12.3 Å². The molecule has 0 aromatic heterocycles. The van der Waals surface area contributed by atoms with E-state index in [0.717, 1.165) is 16.7 Å². The molecule has 14 heavy (non-hydrogen) atoms. The molecular weight excluding hydrogens is 219 g/mol. The van der Waals surface area contributed by atoms with Gasteiger partial charge in [-0.25, -0.2) is 0 Å². The highest BCUT2D eigenvalue weighted by Gasteiger charge is 2.08. The van der Waals surface area contributed by atoms with E-state index in [4.69, 9.17) is 23.2 Å². The van der Waals surface area contributed by atoms with Gasteiger partial charge in [-0.1, -0.05) is 18.2 Å². The van der Waals surface area contributed by atoms with E-state index in [1.54, 1.807) is 0 Å². The lowest BCUT2D eigenvalue weighted by atomic mass is 9.99. The zero-order valence-electron chi connectivity index (χ0n) is 8.02. The normalized spacial score (nSPS) is 10.2. The summed E-state index contributed by atoms with van der Waals surface area (Å²) in [7, 11) is 0. The Hall–Kier alpha value is -0.530. The minimum Gasteiger partial charge on any atom is -0.298 e. The maximum absolute atomic E-state index is 11.2. The number of ketones is 1. The Morgan fingerprint density at radius 1 is 1.36 bits per heavy atom. The minimum atomic E-state index is 0.0311. The number of hydrogen-bond acceptors (Lipinski definition) is 1. The molecule has 0 aliphatic rings. The highest BCUT2D eigenvalue weighted by Crippen LogP contribution is 2.17. The third-order valence-electron chi connectivity index (χ3n) is 2.18. The van der Waals surface area contributed by atoms with Crippen LogP contribution in [-0.2, 0) is 17.1 Å². The van der Waals surface area contributed by atoms with Crippen molar-refractivity contribution in [2.45, 2.75) is 19.2 Å². The molecule has 1 aromatic carbocycles. The van der Waals surface area contributed by atoms with Crippen LogP contribution < -0.4 is 0 Å². The summed E-state index contributed by atoms with van der Waals surface area (Å²) >= 11 is 11.3. The van der Waals surface area contributed by atoms with Gasteiger partial charge in [-0.05, 0) is 23.6 Å². The number of halogens is 2. The lowest BCUT2D eigenvalue weighted by molar-refractivity contribution is -0.116. The van der Waals surface area contributed by atoms with E-state index in [1.165, 1.54) is 0 Å². The van der Waals surface area contributed by atoms with Crippen LogP contribution in [0.3, 0.4) is 0 Å². The highest BCUT2D eigenvalue weighted by molar-refractivity contribution is 6.27. The number of aryl methyl sites for hydroxylation is 1. The van der Waals surface area contributed by atoms with Gasteiger partial charge < -0.3 is 0 Å². The second-order valence-corrected chi connectivity index (χ2v) is 3.73. The number of alkyl halides is 2. The molecule has 0 radical (unpaired) electrons. The maximum atomic E-state index is 11.2. The van der Waals surface area contributed by atoms with Crippen LogP contribution in [0.25, 0.3) is 0 Å². The topological polar surface area (TPSA) is 17.1 Å². The lowest BCUT2D eigenvalue weighted by Crippen LogP contribution is -2.06. The van der Waals surface area contributed by atoms with Crippen molar-refractivity contribution in [2.75, 3.05) is 5.88 Å². The number of rotatable bonds is 4. The van der Waals surface area contributed by atoms with Crippen molar-refractivity contribution in [3.8, 4) is 0 Å². The molecule has 0 spiro atoms. The molecule has 0 aliphatic carbocycles. The fourth-order valence-corrected chi connectivity index (χ4v) is 1.86. The number of carbonyl (C=O) groups is 1. The number of Topliss-reactive ketones (excluding diaryl/α,β-unsaturated/α-hetero) is 1. The van der Waals surface area contributed by atoms with E-state index in [1.807, 2.05) is 25.1 Å². The average molecular weight is 231 g/mol. The van der Waals surface area contributed by atoms with Crippen molar-refractivity contribution < 1.29 is 4.79 Å². The minimum absolute atomic E-state index is 0.0311. The fraction of sp³-hybridized carbons (Fsp3) is 0.364. The van der Waals surface area contributed by atoms with Gasteiger partial charge in [0.15, 0.2) is 5.78 Å². The summed E-state index contributed by atoms with van der Waals surface area (Å²) in [5, 5.41) is 0. The molecule has 0 fully saturated rings. The summed E-state index contributed by atoms with van der Waals surface area (Å²) in [5.41, 5.74) is 3.16. The largest absolute Gasteiger partial charge is 0.298 e. The third-order valence-corrected chi connectivity index (χ3v) is 2.74. The van der Waals surface area contributed by atoms with Gasteiger partial charge in [0.1, 0.15) is 0 Å². The SMILES string of the molecule is Cc1cccc(CC(=O)CCl)c1CCl. The van der Waals surface area contributed by atoms with E-state index in [9.17, 15) is 4.79 Å². The van der Waals surface area contributed by atoms with Gasteiger partial charge in [0, 0.05) is 12.3 Å². The molecule has 0 unspecified atom stereocenters. The smallest absolute Gasteiger partial charge is 0.151 e. The molecule has 3 heteroatoms. The van der Waals surface area contributed by atoms with Crippen LogP contribution in [0, 0.1) is 6.92 Å². The van der Waals surface area contributed by atoms with Crippen LogP contribution in [0.1, 0.15) is 16.7 Å². The van der Waals surface area contributed by atoms with Crippen molar-refractivity contribution in [1.82, 2.24) is 0 Å². The Bertz CT molecular complexity index is 334. The Kier molecular flexibility index (Phi) is 4.43. The molecule has 0 amide bonds. The molecule has 0 saturated heterocycles. The van der Waals surface area contributed by atoms with E-state index in [-0.39, 0.29) is 11.7 Å². The molecule has 0 bridgehead atoms. The van der Waals surface area contributed by atoms with Gasteiger partial charge in [0.05, 0.1) is 5.88 Å². The van der Waals surface area contributed by atoms with Gasteiger partial charge in [-0.15, -0.1) is 23.2 Å². The zero-order chi connectivity index (χ0) is 10.6. The van der Waals surface area contributed by atoms with Crippen LogP contribution in [0.4, 0.5) is 0 Å². The van der Waals surface area contributed by atoms with Crippen molar-refractivity contribution in [3.05, 3.63) is 34.9 Å². The number of hydrogen-bond donors (Lipinski definition) is 0. The standard InChI is InChI=1S/C11H12Cl2O/c1-8-3-2-4-9(11(8)7-13)5-10(14)6-12/h2-4H,5-7H2,1H3. The quantitative estimate of drug-likeness (QED) is 0.727. The van der Waals surface area contributed by atoms with E-state index in [2.05, 4.69) is 0 Å². The third kappa shape index (κ3) is 2.73. The maximum Gasteiger partial charge on any atom is 0.151 e. The first-order chi connectivity index (χ1) is 6.69. The molecule has 1 rings (SSSR count). The van der Waals surface area contributed by atoms with E-state index < -0.39 is 0 Å². The molecule has 0 atom stereocenters. The zero-order valence-corrected chi connectivity index (χ0v) is 9.53. The number of benzene rings is 1. The van der Waals surface area contributed by atoms with Gasteiger partial charge in [0.25, 0.3) is 0 Å². The molecule has 0 saturated carbocycles. The van der Waals surface area contributed by atoms with Crippen LogP contribution in [0.5, 0.6) is 0 Å². The van der Waals surface area contributed by atoms with Crippen LogP contribution in [0.2, 0.25) is 0 Å². The van der Waals surface area contributed by atoms with Crippen LogP contribution >= 0.6 is 23.2 Å². The van der Waals surface area contributed by atoms with E-state index >= 15 is 0 Å². The fourth-order valence-electron chi connectivity index (χ4n) is 1.38. The Morgan fingerprint density at radius 3 is 2.64 bits per heavy atom. The molecule has 0 heterocycles. The predicted octanol–water partition coefficient (Wildman–Crippen LogP) is 3.08. The number of carbonyl (C=O) groups excluding carboxylic acids is 1. The van der Waals surface area contributed by atoms with Crippen LogP contribution in [0.15, 0.2) is 18.2 Å². The molecule has 1 aromatic rings. The Morgan fingerprint density at radius 2 is 2.07 bits per heavy atom. The van der Waals surface area contributed by atoms with Gasteiger partial charge in [0.2, 0.25) is 0 Å². The summed E-state index contributed by atoms with van der Waals surface area (Å²) in [6.45, 7) is 1.99. The second-order valence-electron chi connectivity index (χ2n) is 3.20. The summed E-state index contributed by atoms with van der Waals surface area (Å²) in [6.07, 6.45) is 0.382. The molecule has 1 nitrogen and oxygen atoms in total.